The topological polar surface area (TPSA) is 48.1 Å². The zero-order valence-electron chi connectivity index (χ0n) is 14.1. The molecule has 3 heteroatoms. The average molecular weight is 310 g/mol. The molecule has 0 fully saturated rings. The number of hydrogen-bond donors (Lipinski definition) is 1. The van der Waals surface area contributed by atoms with Gasteiger partial charge in [0.25, 0.3) is 0 Å². The maximum atomic E-state index is 6.98. The number of fused-ring (bicyclic) bond motifs is 1. The van der Waals surface area contributed by atoms with Crippen LogP contribution >= 0.6 is 0 Å². The van der Waals surface area contributed by atoms with Crippen LogP contribution in [0.4, 0.5) is 0 Å². The van der Waals surface area contributed by atoms with Crippen LogP contribution in [0.25, 0.3) is 0 Å². The third-order valence-electron chi connectivity index (χ3n) is 5.27. The van der Waals surface area contributed by atoms with Gasteiger partial charge in [-0.15, -0.1) is 0 Å². The molecule has 1 aromatic carbocycles. The third kappa shape index (κ3) is 2.98. The largest absolute Gasteiger partial charge is 0.496 e. The van der Waals surface area contributed by atoms with Gasteiger partial charge in [0.15, 0.2) is 0 Å². The molecule has 3 rings (SSSR count). The van der Waals surface area contributed by atoms with Gasteiger partial charge >= 0.3 is 0 Å². The van der Waals surface area contributed by atoms with Crippen molar-refractivity contribution < 1.29 is 4.74 Å². The predicted molar refractivity (Wildman–Crippen MR) is 93.5 cm³/mol. The first-order chi connectivity index (χ1) is 11.2. The second kappa shape index (κ2) is 6.71. The van der Waals surface area contributed by atoms with Gasteiger partial charge in [0.2, 0.25) is 0 Å². The minimum Gasteiger partial charge on any atom is -0.496 e. The van der Waals surface area contributed by atoms with Crippen molar-refractivity contribution in [2.45, 2.75) is 44.6 Å². The van der Waals surface area contributed by atoms with E-state index in [1.54, 1.807) is 7.11 Å². The van der Waals surface area contributed by atoms with E-state index in [0.29, 0.717) is 5.92 Å². The molecule has 122 valence electrons. The number of benzene rings is 1. The van der Waals surface area contributed by atoms with Crippen molar-refractivity contribution in [1.29, 1.82) is 0 Å². The van der Waals surface area contributed by atoms with Crippen LogP contribution in [0, 0.1) is 5.92 Å². The van der Waals surface area contributed by atoms with E-state index in [1.165, 1.54) is 16.7 Å². The molecule has 1 aliphatic carbocycles. The molecule has 2 aromatic rings. The maximum absolute atomic E-state index is 6.98. The molecule has 3 nitrogen and oxygen atoms in total. The van der Waals surface area contributed by atoms with Crippen LogP contribution in [0.2, 0.25) is 0 Å². The lowest BCUT2D eigenvalue weighted by Crippen LogP contribution is -2.46. The highest BCUT2D eigenvalue weighted by atomic mass is 16.5. The first-order valence-corrected chi connectivity index (χ1v) is 8.53. The molecule has 1 aromatic heterocycles. The molecular formula is C20H26N2O. The number of pyridine rings is 1. The van der Waals surface area contributed by atoms with Gasteiger partial charge in [-0.05, 0) is 66.5 Å². The highest BCUT2D eigenvalue weighted by Gasteiger charge is 2.38. The average Bonchev–Trinajstić information content (AvgIpc) is 2.61. The van der Waals surface area contributed by atoms with E-state index >= 15 is 0 Å². The van der Waals surface area contributed by atoms with E-state index in [9.17, 15) is 0 Å². The summed E-state index contributed by atoms with van der Waals surface area (Å²) in [7, 11) is 1.75. The lowest BCUT2D eigenvalue weighted by molar-refractivity contribution is 0.225. The van der Waals surface area contributed by atoms with Crippen molar-refractivity contribution >= 4 is 0 Å². The molecule has 0 saturated heterocycles. The summed E-state index contributed by atoms with van der Waals surface area (Å²) in [5, 5.41) is 0. The van der Waals surface area contributed by atoms with E-state index in [0.717, 1.165) is 37.9 Å². The summed E-state index contributed by atoms with van der Waals surface area (Å²) in [6, 6.07) is 10.5. The molecule has 23 heavy (non-hydrogen) atoms. The van der Waals surface area contributed by atoms with E-state index in [1.807, 2.05) is 12.4 Å². The van der Waals surface area contributed by atoms with Crippen molar-refractivity contribution in [3.63, 3.8) is 0 Å². The minimum atomic E-state index is -0.295. The smallest absolute Gasteiger partial charge is 0.122 e. The molecule has 2 N–H and O–H groups in total. The quantitative estimate of drug-likeness (QED) is 0.912. The van der Waals surface area contributed by atoms with Gasteiger partial charge in [-0.25, -0.2) is 0 Å². The third-order valence-corrected chi connectivity index (χ3v) is 5.27. The Morgan fingerprint density at radius 3 is 2.74 bits per heavy atom. The van der Waals surface area contributed by atoms with Gasteiger partial charge in [0, 0.05) is 17.9 Å². The molecule has 2 atom stereocenters. The number of nitrogens with two attached hydrogens (primary N) is 1. The fourth-order valence-electron chi connectivity index (χ4n) is 4.05. The molecule has 1 heterocycles. The van der Waals surface area contributed by atoms with Crippen molar-refractivity contribution in [3.8, 4) is 5.75 Å². The van der Waals surface area contributed by atoms with E-state index in [4.69, 9.17) is 10.5 Å². The van der Waals surface area contributed by atoms with Crippen LogP contribution in [0.15, 0.2) is 42.7 Å². The molecule has 2 unspecified atom stereocenters. The Morgan fingerprint density at radius 1 is 1.26 bits per heavy atom. The summed E-state index contributed by atoms with van der Waals surface area (Å²) >= 11 is 0. The number of hydrogen-bond acceptors (Lipinski definition) is 3. The van der Waals surface area contributed by atoms with Crippen molar-refractivity contribution in [2.24, 2.45) is 11.7 Å². The lowest BCUT2D eigenvalue weighted by atomic mass is 9.68. The molecule has 0 amide bonds. The first kappa shape index (κ1) is 16.0. The second-order valence-corrected chi connectivity index (χ2v) is 6.56. The summed E-state index contributed by atoms with van der Waals surface area (Å²) in [4.78, 5) is 4.15. The van der Waals surface area contributed by atoms with Crippen LogP contribution in [0.5, 0.6) is 5.75 Å². The van der Waals surface area contributed by atoms with E-state index in [-0.39, 0.29) is 5.54 Å². The molecule has 0 bridgehead atoms. The first-order valence-electron chi connectivity index (χ1n) is 8.53. The normalized spacial score (nSPS) is 19.7. The van der Waals surface area contributed by atoms with Crippen LogP contribution in [0.1, 0.15) is 42.9 Å². The molecule has 1 aliphatic rings. The predicted octanol–water partition coefficient (Wildman–Crippen LogP) is 3.85. The Balaban J connectivity index is 1.96. The summed E-state index contributed by atoms with van der Waals surface area (Å²) < 4.78 is 5.59. The van der Waals surface area contributed by atoms with Crippen LogP contribution in [-0.2, 0) is 18.4 Å². The zero-order chi connectivity index (χ0) is 16.3. The van der Waals surface area contributed by atoms with Gasteiger partial charge in [-0.3, -0.25) is 4.98 Å². The lowest BCUT2D eigenvalue weighted by Gasteiger charge is -2.41. The number of rotatable bonds is 5. The summed E-state index contributed by atoms with van der Waals surface area (Å²) in [6.45, 7) is 2.21. The Morgan fingerprint density at radius 2 is 2.04 bits per heavy atom. The molecule has 0 aliphatic heterocycles. The molecule has 0 radical (unpaired) electrons. The van der Waals surface area contributed by atoms with Crippen molar-refractivity contribution in [3.05, 3.63) is 59.4 Å². The monoisotopic (exact) mass is 310 g/mol. The standard InChI is InChI=1S/C20H26N2O/c1-3-11-20(21,16-9-12-22-13-10-16)17-8-7-15-5-4-6-19(23-2)18(15)14-17/h4-6,9-10,12-13,17H,3,7-8,11,14,21H2,1-2H3. The van der Waals surface area contributed by atoms with Gasteiger partial charge in [0.1, 0.15) is 5.75 Å². The summed E-state index contributed by atoms with van der Waals surface area (Å²) in [5.41, 5.74) is 10.6. The number of methoxy groups -OCH3 is 1. The Hall–Kier alpha value is -1.87. The van der Waals surface area contributed by atoms with Crippen molar-refractivity contribution in [2.75, 3.05) is 7.11 Å². The highest BCUT2D eigenvalue weighted by molar-refractivity contribution is 5.43. The summed E-state index contributed by atoms with van der Waals surface area (Å²) in [6.07, 6.45) is 8.95. The second-order valence-electron chi connectivity index (χ2n) is 6.56. The van der Waals surface area contributed by atoms with E-state index < -0.39 is 0 Å². The van der Waals surface area contributed by atoms with Gasteiger partial charge < -0.3 is 10.5 Å². The number of ether oxygens (including phenoxy) is 1. The summed E-state index contributed by atoms with van der Waals surface area (Å²) in [5.74, 6) is 1.43. The Labute approximate surface area is 138 Å². The maximum Gasteiger partial charge on any atom is 0.122 e. The minimum absolute atomic E-state index is 0.295. The van der Waals surface area contributed by atoms with Crippen molar-refractivity contribution in [1.82, 2.24) is 4.98 Å². The molecule has 0 saturated carbocycles. The van der Waals surface area contributed by atoms with Gasteiger partial charge in [-0.1, -0.05) is 25.5 Å². The number of aryl methyl sites for hydroxylation is 1. The zero-order valence-corrected chi connectivity index (χ0v) is 14.1. The van der Waals surface area contributed by atoms with Crippen LogP contribution < -0.4 is 10.5 Å². The Bertz CT molecular complexity index is 642. The van der Waals surface area contributed by atoms with E-state index in [2.05, 4.69) is 42.2 Å². The molecular weight excluding hydrogens is 284 g/mol. The van der Waals surface area contributed by atoms with Crippen LogP contribution in [0.3, 0.4) is 0 Å². The van der Waals surface area contributed by atoms with Gasteiger partial charge in [-0.2, -0.15) is 0 Å². The van der Waals surface area contributed by atoms with Gasteiger partial charge in [0.05, 0.1) is 7.11 Å². The Kier molecular flexibility index (Phi) is 4.67. The SMILES string of the molecule is CCCC(N)(c1ccncc1)C1CCc2cccc(OC)c2C1. The fourth-order valence-corrected chi connectivity index (χ4v) is 4.05. The number of nitrogens with zero attached hydrogens (tertiary/aromatic N) is 1. The van der Waals surface area contributed by atoms with Crippen LogP contribution in [-0.4, -0.2) is 12.1 Å². The molecule has 0 spiro atoms. The highest BCUT2D eigenvalue weighted by Crippen LogP contribution is 2.42. The number of aromatic nitrogens is 1. The fraction of sp³-hybridized carbons (Fsp3) is 0.450.